The summed E-state index contributed by atoms with van der Waals surface area (Å²) in [5.41, 5.74) is 0.781. The van der Waals surface area contributed by atoms with Crippen LogP contribution in [0.25, 0.3) is 0 Å². The molecule has 2 rings (SSSR count). The van der Waals surface area contributed by atoms with Crippen molar-refractivity contribution < 1.29 is 9.13 Å². The lowest BCUT2D eigenvalue weighted by Crippen LogP contribution is -2.48. The Labute approximate surface area is 102 Å². The fourth-order valence-electron chi connectivity index (χ4n) is 2.46. The van der Waals surface area contributed by atoms with E-state index in [0.29, 0.717) is 0 Å². The molecular weight excluding hydrogens is 217 g/mol. The summed E-state index contributed by atoms with van der Waals surface area (Å²) >= 11 is 0. The van der Waals surface area contributed by atoms with Gasteiger partial charge in [0.1, 0.15) is 5.82 Å². The van der Waals surface area contributed by atoms with Gasteiger partial charge in [0.2, 0.25) is 0 Å². The van der Waals surface area contributed by atoms with Crippen molar-refractivity contribution in [1.82, 2.24) is 5.32 Å². The second-order valence-corrected chi connectivity index (χ2v) is 4.99. The van der Waals surface area contributed by atoms with Crippen LogP contribution in [0.15, 0.2) is 24.3 Å². The van der Waals surface area contributed by atoms with Crippen LogP contribution in [0.1, 0.15) is 38.4 Å². The first-order chi connectivity index (χ1) is 8.13. The van der Waals surface area contributed by atoms with Crippen molar-refractivity contribution in [1.29, 1.82) is 0 Å². The van der Waals surface area contributed by atoms with Crippen molar-refractivity contribution in [2.24, 2.45) is 0 Å². The highest BCUT2D eigenvalue weighted by molar-refractivity contribution is 5.20. The molecule has 1 N–H and O–H groups in total. The Balaban J connectivity index is 2.12. The normalized spacial score (nSPS) is 29.2. The van der Waals surface area contributed by atoms with Gasteiger partial charge in [0.05, 0.1) is 11.7 Å². The smallest absolute Gasteiger partial charge is 0.123 e. The van der Waals surface area contributed by atoms with Gasteiger partial charge < -0.3 is 10.1 Å². The standard InChI is InChI=1S/C14H20FNO/c1-3-7-14(2)10-16-9-13(17-14)11-5-4-6-12(15)8-11/h4-6,8,13,16H,3,7,9-10H2,1-2H3. The molecule has 1 aliphatic heterocycles. The van der Waals surface area contributed by atoms with Gasteiger partial charge in [0.25, 0.3) is 0 Å². The summed E-state index contributed by atoms with van der Waals surface area (Å²) in [6.45, 7) is 5.89. The quantitative estimate of drug-likeness (QED) is 0.872. The first-order valence-electron chi connectivity index (χ1n) is 6.27. The topological polar surface area (TPSA) is 21.3 Å². The molecule has 17 heavy (non-hydrogen) atoms. The predicted molar refractivity (Wildman–Crippen MR) is 66.4 cm³/mol. The van der Waals surface area contributed by atoms with E-state index in [9.17, 15) is 4.39 Å². The van der Waals surface area contributed by atoms with Gasteiger partial charge in [-0.05, 0) is 31.0 Å². The zero-order valence-corrected chi connectivity index (χ0v) is 10.5. The Morgan fingerprint density at radius 2 is 2.35 bits per heavy atom. The average molecular weight is 237 g/mol. The molecule has 1 aliphatic rings. The summed E-state index contributed by atoms with van der Waals surface area (Å²) in [5.74, 6) is -0.200. The minimum absolute atomic E-state index is 0.0454. The van der Waals surface area contributed by atoms with E-state index in [1.165, 1.54) is 6.07 Å². The summed E-state index contributed by atoms with van der Waals surface area (Å²) in [4.78, 5) is 0. The molecule has 2 nitrogen and oxygen atoms in total. The summed E-state index contributed by atoms with van der Waals surface area (Å²) < 4.78 is 19.3. The van der Waals surface area contributed by atoms with Crippen LogP contribution in [0, 0.1) is 5.82 Å². The minimum atomic E-state index is -0.200. The highest BCUT2D eigenvalue weighted by Gasteiger charge is 2.32. The third-order valence-electron chi connectivity index (χ3n) is 3.25. The van der Waals surface area contributed by atoms with Crippen LogP contribution in [-0.4, -0.2) is 18.7 Å². The molecule has 2 atom stereocenters. The minimum Gasteiger partial charge on any atom is -0.365 e. The fourth-order valence-corrected chi connectivity index (χ4v) is 2.46. The summed E-state index contributed by atoms with van der Waals surface area (Å²) in [6, 6.07) is 6.68. The molecule has 0 spiro atoms. The average Bonchev–Trinajstić information content (AvgIpc) is 2.29. The SMILES string of the molecule is CCCC1(C)CNCC(c2cccc(F)c2)O1. The molecule has 1 fully saturated rings. The molecule has 0 aromatic heterocycles. The Morgan fingerprint density at radius 1 is 1.53 bits per heavy atom. The number of nitrogens with one attached hydrogen (secondary N) is 1. The maximum atomic E-state index is 13.2. The van der Waals surface area contributed by atoms with Gasteiger partial charge in [-0.1, -0.05) is 25.5 Å². The number of benzene rings is 1. The molecular formula is C14H20FNO. The van der Waals surface area contributed by atoms with Crippen molar-refractivity contribution in [3.05, 3.63) is 35.6 Å². The van der Waals surface area contributed by atoms with E-state index < -0.39 is 0 Å². The van der Waals surface area contributed by atoms with Crippen LogP contribution in [0.2, 0.25) is 0 Å². The molecule has 1 aromatic rings. The lowest BCUT2D eigenvalue weighted by atomic mass is 9.96. The zero-order chi connectivity index (χ0) is 12.3. The van der Waals surface area contributed by atoms with E-state index in [4.69, 9.17) is 4.74 Å². The third kappa shape index (κ3) is 3.05. The largest absolute Gasteiger partial charge is 0.365 e. The molecule has 0 bridgehead atoms. The number of hydrogen-bond acceptors (Lipinski definition) is 2. The van der Waals surface area contributed by atoms with Gasteiger partial charge in [-0.15, -0.1) is 0 Å². The molecule has 1 aromatic carbocycles. The van der Waals surface area contributed by atoms with Gasteiger partial charge in [0.15, 0.2) is 0 Å². The van der Waals surface area contributed by atoms with Crippen LogP contribution in [-0.2, 0) is 4.74 Å². The van der Waals surface area contributed by atoms with E-state index in [0.717, 1.165) is 31.5 Å². The van der Waals surface area contributed by atoms with E-state index in [-0.39, 0.29) is 17.5 Å². The van der Waals surface area contributed by atoms with Crippen molar-refractivity contribution in [2.45, 2.75) is 38.4 Å². The van der Waals surface area contributed by atoms with Gasteiger partial charge in [-0.2, -0.15) is 0 Å². The first-order valence-corrected chi connectivity index (χ1v) is 6.27. The highest BCUT2D eigenvalue weighted by Crippen LogP contribution is 2.30. The molecule has 1 heterocycles. The van der Waals surface area contributed by atoms with E-state index in [1.807, 2.05) is 6.07 Å². The predicted octanol–water partition coefficient (Wildman–Crippen LogP) is 3.05. The molecule has 94 valence electrons. The molecule has 0 aliphatic carbocycles. The lowest BCUT2D eigenvalue weighted by molar-refractivity contribution is -0.112. The molecule has 3 heteroatoms. The van der Waals surface area contributed by atoms with Gasteiger partial charge in [0, 0.05) is 13.1 Å². The maximum Gasteiger partial charge on any atom is 0.123 e. The number of morpholine rings is 1. The Bertz CT molecular complexity index is 378. The van der Waals surface area contributed by atoms with E-state index >= 15 is 0 Å². The van der Waals surface area contributed by atoms with Crippen LogP contribution in [0.5, 0.6) is 0 Å². The van der Waals surface area contributed by atoms with Gasteiger partial charge in [-0.3, -0.25) is 0 Å². The van der Waals surface area contributed by atoms with Gasteiger partial charge >= 0.3 is 0 Å². The second kappa shape index (κ2) is 5.15. The lowest BCUT2D eigenvalue weighted by Gasteiger charge is -2.39. The monoisotopic (exact) mass is 237 g/mol. The number of halogens is 1. The van der Waals surface area contributed by atoms with Crippen LogP contribution < -0.4 is 5.32 Å². The Morgan fingerprint density at radius 3 is 3.06 bits per heavy atom. The van der Waals surface area contributed by atoms with Crippen molar-refractivity contribution in [3.63, 3.8) is 0 Å². The number of rotatable bonds is 3. The molecule has 0 saturated carbocycles. The van der Waals surface area contributed by atoms with Crippen molar-refractivity contribution in [3.8, 4) is 0 Å². The zero-order valence-electron chi connectivity index (χ0n) is 10.5. The van der Waals surface area contributed by atoms with Gasteiger partial charge in [-0.25, -0.2) is 4.39 Å². The summed E-state index contributed by atoms with van der Waals surface area (Å²) in [5, 5.41) is 3.38. The fraction of sp³-hybridized carbons (Fsp3) is 0.571. The van der Waals surface area contributed by atoms with Crippen LogP contribution in [0.3, 0.4) is 0 Å². The number of ether oxygens (including phenoxy) is 1. The molecule has 1 saturated heterocycles. The maximum absolute atomic E-state index is 13.2. The second-order valence-electron chi connectivity index (χ2n) is 4.99. The molecule has 0 radical (unpaired) electrons. The van der Waals surface area contributed by atoms with Crippen molar-refractivity contribution >= 4 is 0 Å². The van der Waals surface area contributed by atoms with Crippen LogP contribution >= 0.6 is 0 Å². The van der Waals surface area contributed by atoms with E-state index in [1.54, 1.807) is 12.1 Å². The first kappa shape index (κ1) is 12.5. The van der Waals surface area contributed by atoms with Crippen LogP contribution in [0.4, 0.5) is 4.39 Å². The van der Waals surface area contributed by atoms with E-state index in [2.05, 4.69) is 19.2 Å². The Kier molecular flexibility index (Phi) is 3.79. The third-order valence-corrected chi connectivity index (χ3v) is 3.25. The molecule has 0 amide bonds. The molecule has 2 unspecified atom stereocenters. The summed E-state index contributed by atoms with van der Waals surface area (Å²) in [7, 11) is 0. The van der Waals surface area contributed by atoms with Crippen molar-refractivity contribution in [2.75, 3.05) is 13.1 Å². The number of hydrogen-bond donors (Lipinski definition) is 1. The summed E-state index contributed by atoms with van der Waals surface area (Å²) in [6.07, 6.45) is 2.07. The Hall–Kier alpha value is -0.930. The highest BCUT2D eigenvalue weighted by atomic mass is 19.1.